The van der Waals surface area contributed by atoms with Crippen LogP contribution < -0.4 is 4.74 Å². The Labute approximate surface area is 150 Å². The maximum absolute atomic E-state index is 8.72. The predicted octanol–water partition coefficient (Wildman–Crippen LogP) is 6.12. The maximum atomic E-state index is 8.72. The standard InChI is InChI=1S/C21H28N2O2/c1-18-10-6-7-11-21(18)23-22-19-12-14-20(15-13-19)25-17-9-5-3-2-4-8-16-24/h6-7,10-15,24H,2-5,8-9,16-17H2,1H3. The van der Waals surface area contributed by atoms with Gasteiger partial charge in [0.1, 0.15) is 5.75 Å². The van der Waals surface area contributed by atoms with Crippen molar-refractivity contribution >= 4 is 11.4 Å². The number of ether oxygens (including phenoxy) is 1. The number of nitrogens with zero attached hydrogens (tertiary/aromatic N) is 2. The summed E-state index contributed by atoms with van der Waals surface area (Å²) in [5.41, 5.74) is 2.82. The van der Waals surface area contributed by atoms with Crippen LogP contribution in [0.25, 0.3) is 0 Å². The Kier molecular flexibility index (Phi) is 8.70. The van der Waals surface area contributed by atoms with Crippen LogP contribution in [-0.2, 0) is 0 Å². The van der Waals surface area contributed by atoms with Gasteiger partial charge in [-0.2, -0.15) is 10.2 Å². The van der Waals surface area contributed by atoms with E-state index >= 15 is 0 Å². The molecule has 4 nitrogen and oxygen atoms in total. The summed E-state index contributed by atoms with van der Waals surface area (Å²) in [4.78, 5) is 0. The number of unbranched alkanes of at least 4 members (excludes halogenated alkanes) is 5. The molecule has 0 fully saturated rings. The number of aliphatic hydroxyl groups is 1. The Morgan fingerprint density at radius 1 is 0.800 bits per heavy atom. The van der Waals surface area contributed by atoms with E-state index in [4.69, 9.17) is 9.84 Å². The summed E-state index contributed by atoms with van der Waals surface area (Å²) in [5, 5.41) is 17.3. The fourth-order valence-electron chi connectivity index (χ4n) is 2.51. The minimum atomic E-state index is 0.309. The summed E-state index contributed by atoms with van der Waals surface area (Å²) < 4.78 is 5.76. The van der Waals surface area contributed by atoms with Gasteiger partial charge in [-0.15, -0.1) is 0 Å². The molecule has 0 saturated heterocycles. The predicted molar refractivity (Wildman–Crippen MR) is 102 cm³/mol. The molecular formula is C21H28N2O2. The SMILES string of the molecule is Cc1ccccc1N=Nc1ccc(OCCCCCCCCO)cc1. The molecule has 0 aliphatic heterocycles. The van der Waals surface area contributed by atoms with Gasteiger partial charge in [-0.05, 0) is 55.7 Å². The first-order chi connectivity index (χ1) is 12.3. The Hall–Kier alpha value is -2.20. The largest absolute Gasteiger partial charge is 0.494 e. The molecule has 0 amide bonds. The Balaban J connectivity index is 1.69. The zero-order valence-corrected chi connectivity index (χ0v) is 15.0. The lowest BCUT2D eigenvalue weighted by Crippen LogP contribution is -1.97. The number of azo groups is 1. The lowest BCUT2D eigenvalue weighted by atomic mass is 10.1. The van der Waals surface area contributed by atoms with Crippen LogP contribution >= 0.6 is 0 Å². The van der Waals surface area contributed by atoms with Crippen molar-refractivity contribution in [1.82, 2.24) is 0 Å². The lowest BCUT2D eigenvalue weighted by molar-refractivity contribution is 0.280. The van der Waals surface area contributed by atoms with Crippen LogP contribution in [0.15, 0.2) is 58.8 Å². The number of benzene rings is 2. The number of rotatable bonds is 11. The zero-order chi connectivity index (χ0) is 17.7. The van der Waals surface area contributed by atoms with Gasteiger partial charge in [0.25, 0.3) is 0 Å². The van der Waals surface area contributed by atoms with Crippen LogP contribution in [0.3, 0.4) is 0 Å². The van der Waals surface area contributed by atoms with Crippen molar-refractivity contribution in [3.63, 3.8) is 0 Å². The molecule has 0 aliphatic rings. The minimum Gasteiger partial charge on any atom is -0.494 e. The van der Waals surface area contributed by atoms with Crippen LogP contribution in [0.1, 0.15) is 44.1 Å². The topological polar surface area (TPSA) is 54.2 Å². The van der Waals surface area contributed by atoms with Crippen molar-refractivity contribution in [2.45, 2.75) is 45.4 Å². The molecule has 2 aromatic rings. The highest BCUT2D eigenvalue weighted by Gasteiger charge is 1.97. The molecule has 134 valence electrons. The van der Waals surface area contributed by atoms with Gasteiger partial charge in [-0.25, -0.2) is 0 Å². The van der Waals surface area contributed by atoms with Gasteiger partial charge in [0.2, 0.25) is 0 Å². The second-order valence-corrected chi connectivity index (χ2v) is 6.17. The molecule has 0 atom stereocenters. The average Bonchev–Trinajstić information content (AvgIpc) is 2.64. The fraction of sp³-hybridized carbons (Fsp3) is 0.429. The van der Waals surface area contributed by atoms with Gasteiger partial charge < -0.3 is 9.84 Å². The zero-order valence-electron chi connectivity index (χ0n) is 15.0. The van der Waals surface area contributed by atoms with Gasteiger partial charge in [0.15, 0.2) is 0 Å². The molecule has 2 rings (SSSR count). The van der Waals surface area contributed by atoms with E-state index in [9.17, 15) is 0 Å². The van der Waals surface area contributed by atoms with E-state index in [1.807, 2.05) is 55.5 Å². The molecule has 0 saturated carbocycles. The summed E-state index contributed by atoms with van der Waals surface area (Å²) in [5.74, 6) is 0.870. The van der Waals surface area contributed by atoms with E-state index < -0.39 is 0 Å². The molecule has 0 unspecified atom stereocenters. The quantitative estimate of drug-likeness (QED) is 0.395. The third kappa shape index (κ3) is 7.48. The summed E-state index contributed by atoms with van der Waals surface area (Å²) in [6.45, 7) is 3.08. The molecular weight excluding hydrogens is 312 g/mol. The summed E-state index contributed by atoms with van der Waals surface area (Å²) in [6, 6.07) is 15.7. The molecule has 2 aromatic carbocycles. The van der Waals surface area contributed by atoms with Crippen LogP contribution in [0.5, 0.6) is 5.75 Å². The second-order valence-electron chi connectivity index (χ2n) is 6.17. The van der Waals surface area contributed by atoms with Crippen LogP contribution in [0.2, 0.25) is 0 Å². The third-order valence-corrected chi connectivity index (χ3v) is 4.05. The van der Waals surface area contributed by atoms with Gasteiger partial charge in [-0.3, -0.25) is 0 Å². The van der Waals surface area contributed by atoms with Crippen molar-refractivity contribution in [3.8, 4) is 5.75 Å². The second kappa shape index (κ2) is 11.4. The van der Waals surface area contributed by atoms with E-state index in [-0.39, 0.29) is 0 Å². The molecule has 4 heteroatoms. The molecule has 0 aliphatic carbocycles. The van der Waals surface area contributed by atoms with E-state index in [0.717, 1.165) is 48.6 Å². The van der Waals surface area contributed by atoms with Crippen molar-refractivity contribution in [2.75, 3.05) is 13.2 Å². The number of hydrogen-bond acceptors (Lipinski definition) is 4. The number of aliphatic hydroxyl groups excluding tert-OH is 1. The highest BCUT2D eigenvalue weighted by Crippen LogP contribution is 2.23. The number of hydrogen-bond donors (Lipinski definition) is 1. The van der Waals surface area contributed by atoms with Crippen molar-refractivity contribution in [1.29, 1.82) is 0 Å². The Morgan fingerprint density at radius 2 is 1.48 bits per heavy atom. The first kappa shape index (κ1) is 19.1. The summed E-state index contributed by atoms with van der Waals surface area (Å²) in [7, 11) is 0. The summed E-state index contributed by atoms with van der Waals surface area (Å²) in [6.07, 6.45) is 6.69. The van der Waals surface area contributed by atoms with Crippen LogP contribution in [0, 0.1) is 6.92 Å². The normalized spacial score (nSPS) is 11.1. The highest BCUT2D eigenvalue weighted by atomic mass is 16.5. The van der Waals surface area contributed by atoms with Gasteiger partial charge in [0.05, 0.1) is 18.0 Å². The van der Waals surface area contributed by atoms with Crippen molar-refractivity contribution in [2.24, 2.45) is 10.2 Å². The molecule has 1 N–H and O–H groups in total. The molecule has 0 radical (unpaired) electrons. The minimum absolute atomic E-state index is 0.309. The van der Waals surface area contributed by atoms with Crippen LogP contribution in [0.4, 0.5) is 11.4 Å². The monoisotopic (exact) mass is 340 g/mol. The molecule has 25 heavy (non-hydrogen) atoms. The molecule has 0 spiro atoms. The summed E-state index contributed by atoms with van der Waals surface area (Å²) >= 11 is 0. The van der Waals surface area contributed by atoms with E-state index in [0.29, 0.717) is 6.61 Å². The maximum Gasteiger partial charge on any atom is 0.119 e. The highest BCUT2D eigenvalue weighted by molar-refractivity contribution is 5.46. The van der Waals surface area contributed by atoms with Crippen LogP contribution in [-0.4, -0.2) is 18.3 Å². The Bertz CT molecular complexity index is 639. The first-order valence-corrected chi connectivity index (χ1v) is 9.10. The average molecular weight is 340 g/mol. The first-order valence-electron chi connectivity index (χ1n) is 9.10. The van der Waals surface area contributed by atoms with Gasteiger partial charge >= 0.3 is 0 Å². The molecule has 0 bridgehead atoms. The van der Waals surface area contributed by atoms with Gasteiger partial charge in [0, 0.05) is 6.61 Å². The van der Waals surface area contributed by atoms with E-state index in [1.165, 1.54) is 19.3 Å². The third-order valence-electron chi connectivity index (χ3n) is 4.05. The lowest BCUT2D eigenvalue weighted by Gasteiger charge is -2.06. The van der Waals surface area contributed by atoms with Crippen molar-refractivity contribution < 1.29 is 9.84 Å². The van der Waals surface area contributed by atoms with Crippen molar-refractivity contribution in [3.05, 3.63) is 54.1 Å². The Morgan fingerprint density at radius 3 is 2.20 bits per heavy atom. The van der Waals surface area contributed by atoms with Gasteiger partial charge in [-0.1, -0.05) is 43.9 Å². The molecule has 0 aromatic heterocycles. The van der Waals surface area contributed by atoms with E-state index in [1.54, 1.807) is 0 Å². The molecule has 0 heterocycles. The van der Waals surface area contributed by atoms with E-state index in [2.05, 4.69) is 10.2 Å². The smallest absolute Gasteiger partial charge is 0.119 e. The number of aryl methyl sites for hydroxylation is 1. The fourth-order valence-corrected chi connectivity index (χ4v) is 2.51.